The predicted octanol–water partition coefficient (Wildman–Crippen LogP) is 4.38. The third-order valence-corrected chi connectivity index (χ3v) is 6.70. The van der Waals surface area contributed by atoms with Crippen LogP contribution >= 0.6 is 0 Å². The molecule has 1 amide bonds. The topological polar surface area (TPSA) is 87.4 Å². The van der Waals surface area contributed by atoms with Gasteiger partial charge in [-0.05, 0) is 18.4 Å². The Morgan fingerprint density at radius 3 is 2.39 bits per heavy atom. The standard InChI is InChI=1S/C23H24F6N6O/c1-13-11-33(19-15-4-2-3-5-17(15)32-10-16(19)22(24,25)26)7-6-14(13)20(36)34-8-9-35(18(30)12-34)21(31)23(27,28)29/h2-5,10,13-14,30-31H,6-9,11-12H2,1H3. The van der Waals surface area contributed by atoms with Crippen LogP contribution in [0.4, 0.5) is 32.0 Å². The van der Waals surface area contributed by atoms with E-state index in [9.17, 15) is 31.1 Å². The molecular weight excluding hydrogens is 490 g/mol. The van der Waals surface area contributed by atoms with Gasteiger partial charge in [0.05, 0.1) is 23.3 Å². The molecule has 0 bridgehead atoms. The van der Waals surface area contributed by atoms with Gasteiger partial charge in [0.2, 0.25) is 11.7 Å². The van der Waals surface area contributed by atoms with Crippen molar-refractivity contribution < 1.29 is 31.1 Å². The Balaban J connectivity index is 1.50. The molecule has 194 valence electrons. The number of anilines is 1. The molecule has 0 saturated carbocycles. The normalized spacial score (nSPS) is 21.8. The lowest BCUT2D eigenvalue weighted by molar-refractivity contribution is -0.139. The van der Waals surface area contributed by atoms with Crippen molar-refractivity contribution in [2.24, 2.45) is 11.8 Å². The van der Waals surface area contributed by atoms with E-state index in [0.29, 0.717) is 15.8 Å². The maximum absolute atomic E-state index is 13.8. The second kappa shape index (κ2) is 9.25. The number of piperazine rings is 1. The summed E-state index contributed by atoms with van der Waals surface area (Å²) in [6.45, 7) is 1.33. The minimum absolute atomic E-state index is 0.0203. The van der Waals surface area contributed by atoms with E-state index in [1.165, 1.54) is 4.90 Å². The Hall–Kier alpha value is -3.38. The van der Waals surface area contributed by atoms with Gasteiger partial charge in [-0.3, -0.25) is 20.6 Å². The first-order chi connectivity index (χ1) is 16.8. The van der Waals surface area contributed by atoms with Gasteiger partial charge in [0, 0.05) is 43.7 Å². The number of halogens is 6. The summed E-state index contributed by atoms with van der Waals surface area (Å²) in [7, 11) is 0. The molecule has 1 aromatic carbocycles. The Bertz CT molecular complexity index is 1200. The van der Waals surface area contributed by atoms with Crippen molar-refractivity contribution in [1.82, 2.24) is 14.8 Å². The molecule has 13 heteroatoms. The second-order valence-corrected chi connectivity index (χ2v) is 9.06. The number of alkyl halides is 6. The number of nitrogens with one attached hydrogen (secondary N) is 2. The lowest BCUT2D eigenvalue weighted by Crippen LogP contribution is -2.58. The molecule has 1 aromatic heterocycles. The molecule has 2 aliphatic heterocycles. The molecule has 2 N–H and O–H groups in total. The van der Waals surface area contributed by atoms with Gasteiger partial charge in [-0.25, -0.2) is 0 Å². The number of aromatic nitrogens is 1. The van der Waals surface area contributed by atoms with Gasteiger partial charge in [0.15, 0.2) is 0 Å². The zero-order chi connectivity index (χ0) is 26.4. The van der Waals surface area contributed by atoms with Crippen LogP contribution in [0, 0.1) is 22.7 Å². The van der Waals surface area contributed by atoms with Crippen molar-refractivity contribution >= 4 is 34.2 Å². The quantitative estimate of drug-likeness (QED) is 0.354. The summed E-state index contributed by atoms with van der Waals surface area (Å²) in [6, 6.07) is 6.54. The fourth-order valence-electron chi connectivity index (χ4n) is 4.91. The van der Waals surface area contributed by atoms with Crippen LogP contribution < -0.4 is 4.90 Å². The van der Waals surface area contributed by atoms with Crippen LogP contribution in [0.25, 0.3) is 10.9 Å². The molecule has 0 spiro atoms. The highest BCUT2D eigenvalue weighted by Crippen LogP contribution is 2.42. The number of amidine groups is 2. The van der Waals surface area contributed by atoms with Crippen LogP contribution in [0.3, 0.4) is 0 Å². The van der Waals surface area contributed by atoms with E-state index in [-0.39, 0.29) is 56.7 Å². The molecule has 2 fully saturated rings. The Labute approximate surface area is 202 Å². The van der Waals surface area contributed by atoms with Crippen LogP contribution in [0.1, 0.15) is 18.9 Å². The number of nitrogens with zero attached hydrogens (tertiary/aromatic N) is 4. The minimum atomic E-state index is -4.90. The van der Waals surface area contributed by atoms with Gasteiger partial charge in [0.1, 0.15) is 5.84 Å². The molecule has 2 aliphatic rings. The number of hydrogen-bond donors (Lipinski definition) is 2. The zero-order valence-corrected chi connectivity index (χ0v) is 19.2. The van der Waals surface area contributed by atoms with Crippen LogP contribution in [0.5, 0.6) is 0 Å². The largest absolute Gasteiger partial charge is 0.449 e. The highest BCUT2D eigenvalue weighted by molar-refractivity contribution is 6.03. The highest BCUT2D eigenvalue weighted by Gasteiger charge is 2.44. The van der Waals surface area contributed by atoms with E-state index >= 15 is 0 Å². The minimum Gasteiger partial charge on any atom is -0.370 e. The average Bonchev–Trinajstić information content (AvgIpc) is 2.81. The number of pyridine rings is 1. The summed E-state index contributed by atoms with van der Waals surface area (Å²) in [5, 5.41) is 15.5. The van der Waals surface area contributed by atoms with E-state index in [4.69, 9.17) is 10.8 Å². The van der Waals surface area contributed by atoms with E-state index < -0.39 is 35.5 Å². The van der Waals surface area contributed by atoms with Crippen molar-refractivity contribution in [2.45, 2.75) is 25.7 Å². The first kappa shape index (κ1) is 25.7. The summed E-state index contributed by atoms with van der Waals surface area (Å²) >= 11 is 0. The van der Waals surface area contributed by atoms with E-state index in [0.717, 1.165) is 6.20 Å². The lowest BCUT2D eigenvalue weighted by Gasteiger charge is -2.42. The summed E-state index contributed by atoms with van der Waals surface area (Å²) in [5.41, 5.74) is -0.408. The average molecular weight is 514 g/mol. The van der Waals surface area contributed by atoms with Gasteiger partial charge in [-0.15, -0.1) is 0 Å². The van der Waals surface area contributed by atoms with Crippen molar-refractivity contribution in [3.05, 3.63) is 36.0 Å². The Kier molecular flexibility index (Phi) is 6.60. The smallest absolute Gasteiger partial charge is 0.370 e. The van der Waals surface area contributed by atoms with Gasteiger partial charge in [0.25, 0.3) is 0 Å². The molecule has 2 unspecified atom stereocenters. The van der Waals surface area contributed by atoms with Crippen LogP contribution in [-0.4, -0.2) is 71.3 Å². The molecule has 36 heavy (non-hydrogen) atoms. The number of rotatable bonds is 2. The molecule has 3 heterocycles. The van der Waals surface area contributed by atoms with Crippen molar-refractivity contribution in [3.63, 3.8) is 0 Å². The zero-order valence-electron chi connectivity index (χ0n) is 19.2. The number of para-hydroxylation sites is 1. The summed E-state index contributed by atoms with van der Waals surface area (Å²) in [4.78, 5) is 20.6. The molecule has 2 aromatic rings. The number of fused-ring (bicyclic) bond motifs is 1. The molecule has 2 saturated heterocycles. The third-order valence-electron chi connectivity index (χ3n) is 6.70. The molecule has 4 rings (SSSR count). The van der Waals surface area contributed by atoms with Crippen molar-refractivity contribution in [2.75, 3.05) is 37.6 Å². The molecule has 0 radical (unpaired) electrons. The van der Waals surface area contributed by atoms with Crippen molar-refractivity contribution in [1.29, 1.82) is 10.8 Å². The van der Waals surface area contributed by atoms with Crippen LogP contribution in [0.15, 0.2) is 30.5 Å². The molecule has 7 nitrogen and oxygen atoms in total. The summed E-state index contributed by atoms with van der Waals surface area (Å²) in [5.74, 6) is -3.39. The number of carbonyl (C=O) groups excluding carboxylic acids is 1. The lowest BCUT2D eigenvalue weighted by atomic mass is 9.85. The van der Waals surface area contributed by atoms with E-state index in [1.807, 2.05) is 0 Å². The van der Waals surface area contributed by atoms with E-state index in [1.54, 1.807) is 36.1 Å². The first-order valence-corrected chi connectivity index (χ1v) is 11.3. The first-order valence-electron chi connectivity index (χ1n) is 11.3. The van der Waals surface area contributed by atoms with Crippen molar-refractivity contribution in [3.8, 4) is 0 Å². The van der Waals surface area contributed by atoms with Crippen LogP contribution in [-0.2, 0) is 11.0 Å². The summed E-state index contributed by atoms with van der Waals surface area (Å²) in [6.07, 6.45) is -8.44. The van der Waals surface area contributed by atoms with Gasteiger partial charge in [-0.2, -0.15) is 26.3 Å². The van der Waals surface area contributed by atoms with Gasteiger partial charge < -0.3 is 14.7 Å². The number of benzene rings is 1. The van der Waals surface area contributed by atoms with Gasteiger partial charge >= 0.3 is 12.4 Å². The Morgan fingerprint density at radius 1 is 1.08 bits per heavy atom. The Morgan fingerprint density at radius 2 is 1.78 bits per heavy atom. The molecular formula is C23H24F6N6O. The monoisotopic (exact) mass is 514 g/mol. The number of amides is 1. The molecule has 2 atom stereocenters. The fraction of sp³-hybridized carbons (Fsp3) is 0.478. The third kappa shape index (κ3) is 4.82. The maximum Gasteiger partial charge on any atom is 0.449 e. The number of carbonyl (C=O) groups is 1. The molecule has 0 aliphatic carbocycles. The fourth-order valence-corrected chi connectivity index (χ4v) is 4.91. The maximum atomic E-state index is 13.8. The van der Waals surface area contributed by atoms with E-state index in [2.05, 4.69) is 4.98 Å². The highest BCUT2D eigenvalue weighted by atomic mass is 19.4. The number of piperidine rings is 1. The SMILES string of the molecule is CC1CN(c2c(C(F)(F)F)cnc3ccccc23)CCC1C(=O)N1CCN(C(=N)C(F)(F)F)C(=N)C1. The summed E-state index contributed by atoms with van der Waals surface area (Å²) < 4.78 is 80.1. The van der Waals surface area contributed by atoms with Crippen LogP contribution in [0.2, 0.25) is 0 Å². The van der Waals surface area contributed by atoms with Gasteiger partial charge in [-0.1, -0.05) is 25.1 Å². The number of hydrogen-bond acceptors (Lipinski definition) is 5. The second-order valence-electron chi connectivity index (χ2n) is 9.06. The predicted molar refractivity (Wildman–Crippen MR) is 121 cm³/mol.